The van der Waals surface area contributed by atoms with Gasteiger partial charge in [0.15, 0.2) is 5.78 Å². The maximum absolute atomic E-state index is 12.1. The van der Waals surface area contributed by atoms with Crippen molar-refractivity contribution in [1.29, 1.82) is 0 Å². The number of Topliss-reactive ketones (excluding diaryl/α,β-unsaturated/α-hetero) is 1. The number of ketones is 1. The standard InChI is InChI=1S/C16H16N2O2/c1-4-14(19)12-7-11-10-5-6-17-9(2)16(10)18-13(11)8-15(12)20-3/h5-8,18H,4H2,1-3H3. The normalized spacial score (nSPS) is 11.2. The summed E-state index contributed by atoms with van der Waals surface area (Å²) >= 11 is 0. The quantitative estimate of drug-likeness (QED) is 0.738. The number of nitrogens with zero attached hydrogens (tertiary/aromatic N) is 1. The minimum atomic E-state index is 0.0869. The second-order valence-corrected chi connectivity index (χ2v) is 4.82. The van der Waals surface area contributed by atoms with Gasteiger partial charge in [-0.25, -0.2) is 0 Å². The molecule has 0 aliphatic heterocycles. The molecule has 1 aromatic carbocycles. The van der Waals surface area contributed by atoms with Gasteiger partial charge < -0.3 is 9.72 Å². The Morgan fingerprint density at radius 1 is 1.35 bits per heavy atom. The maximum atomic E-state index is 12.1. The summed E-state index contributed by atoms with van der Waals surface area (Å²) < 4.78 is 5.35. The van der Waals surface area contributed by atoms with Crippen molar-refractivity contribution in [2.45, 2.75) is 20.3 Å². The van der Waals surface area contributed by atoms with Crippen molar-refractivity contribution >= 4 is 27.6 Å². The zero-order chi connectivity index (χ0) is 14.3. The number of fused-ring (bicyclic) bond motifs is 3. The van der Waals surface area contributed by atoms with Crippen molar-refractivity contribution in [3.8, 4) is 5.75 Å². The van der Waals surface area contributed by atoms with Crippen LogP contribution in [0.25, 0.3) is 21.8 Å². The van der Waals surface area contributed by atoms with E-state index in [9.17, 15) is 4.79 Å². The number of carbonyl (C=O) groups excluding carboxylic acids is 1. The van der Waals surface area contributed by atoms with Gasteiger partial charge in [0, 0.05) is 29.5 Å². The predicted molar refractivity (Wildman–Crippen MR) is 79.5 cm³/mol. The number of benzene rings is 1. The minimum absolute atomic E-state index is 0.0869. The third-order valence-corrected chi connectivity index (χ3v) is 3.65. The van der Waals surface area contributed by atoms with Crippen LogP contribution in [0.2, 0.25) is 0 Å². The first-order chi connectivity index (χ1) is 9.65. The highest BCUT2D eigenvalue weighted by Crippen LogP contribution is 2.32. The van der Waals surface area contributed by atoms with E-state index in [0.717, 1.165) is 27.5 Å². The number of aryl methyl sites for hydroxylation is 1. The Kier molecular flexibility index (Phi) is 2.93. The Balaban J connectivity index is 2.40. The molecule has 3 rings (SSSR count). The van der Waals surface area contributed by atoms with Crippen molar-refractivity contribution < 1.29 is 9.53 Å². The SMILES string of the molecule is CCC(=O)c1cc2c(cc1OC)[nH]c1c(C)nccc12. The molecule has 0 bridgehead atoms. The Hall–Kier alpha value is -2.36. The van der Waals surface area contributed by atoms with Gasteiger partial charge in [0.2, 0.25) is 0 Å². The molecule has 0 amide bonds. The lowest BCUT2D eigenvalue weighted by atomic mass is 10.0. The molecule has 0 atom stereocenters. The van der Waals surface area contributed by atoms with Crippen LogP contribution in [0.15, 0.2) is 24.4 Å². The average Bonchev–Trinajstić information content (AvgIpc) is 2.84. The topological polar surface area (TPSA) is 55.0 Å². The van der Waals surface area contributed by atoms with Crippen LogP contribution < -0.4 is 4.74 Å². The van der Waals surface area contributed by atoms with Crippen molar-refractivity contribution in [1.82, 2.24) is 9.97 Å². The lowest BCUT2D eigenvalue weighted by Gasteiger charge is -2.07. The molecular formula is C16H16N2O2. The van der Waals surface area contributed by atoms with Gasteiger partial charge in [0.05, 0.1) is 29.4 Å². The Morgan fingerprint density at radius 3 is 2.85 bits per heavy atom. The molecule has 0 fully saturated rings. The van der Waals surface area contributed by atoms with Gasteiger partial charge >= 0.3 is 0 Å². The number of rotatable bonds is 3. The number of pyridine rings is 1. The van der Waals surface area contributed by atoms with E-state index in [1.165, 1.54) is 0 Å². The fourth-order valence-electron chi connectivity index (χ4n) is 2.57. The van der Waals surface area contributed by atoms with Gasteiger partial charge in [-0.3, -0.25) is 9.78 Å². The number of carbonyl (C=O) groups is 1. The molecule has 2 heterocycles. The first-order valence-corrected chi connectivity index (χ1v) is 6.64. The summed E-state index contributed by atoms with van der Waals surface area (Å²) in [7, 11) is 1.59. The van der Waals surface area contributed by atoms with Crippen LogP contribution in [0.1, 0.15) is 29.4 Å². The van der Waals surface area contributed by atoms with Crippen LogP contribution >= 0.6 is 0 Å². The molecule has 4 nitrogen and oxygen atoms in total. The molecule has 0 radical (unpaired) electrons. The van der Waals surface area contributed by atoms with E-state index >= 15 is 0 Å². The summed E-state index contributed by atoms with van der Waals surface area (Å²) in [5.41, 5.74) is 3.55. The van der Waals surface area contributed by atoms with E-state index in [4.69, 9.17) is 4.74 Å². The summed E-state index contributed by atoms with van der Waals surface area (Å²) in [5, 5.41) is 2.11. The van der Waals surface area contributed by atoms with Crippen molar-refractivity contribution in [2.75, 3.05) is 7.11 Å². The fraction of sp³-hybridized carbons (Fsp3) is 0.250. The Morgan fingerprint density at radius 2 is 2.15 bits per heavy atom. The van der Waals surface area contributed by atoms with Crippen molar-refractivity contribution in [3.63, 3.8) is 0 Å². The second-order valence-electron chi connectivity index (χ2n) is 4.82. The monoisotopic (exact) mass is 268 g/mol. The summed E-state index contributed by atoms with van der Waals surface area (Å²) in [6.07, 6.45) is 2.25. The largest absolute Gasteiger partial charge is 0.496 e. The molecule has 20 heavy (non-hydrogen) atoms. The zero-order valence-electron chi connectivity index (χ0n) is 11.8. The van der Waals surface area contributed by atoms with E-state index in [1.807, 2.05) is 32.0 Å². The number of hydrogen-bond acceptors (Lipinski definition) is 3. The molecule has 0 aliphatic rings. The summed E-state index contributed by atoms with van der Waals surface area (Å²) in [6, 6.07) is 5.77. The van der Waals surface area contributed by atoms with Crippen LogP contribution in [0.5, 0.6) is 5.75 Å². The number of methoxy groups -OCH3 is 1. The van der Waals surface area contributed by atoms with Crippen LogP contribution in [0.3, 0.4) is 0 Å². The van der Waals surface area contributed by atoms with Gasteiger partial charge in [-0.2, -0.15) is 0 Å². The van der Waals surface area contributed by atoms with Crippen LogP contribution in [0, 0.1) is 6.92 Å². The molecule has 0 unspecified atom stereocenters. The molecule has 2 aromatic heterocycles. The molecule has 0 spiro atoms. The summed E-state index contributed by atoms with van der Waals surface area (Å²) in [6.45, 7) is 3.82. The van der Waals surface area contributed by atoms with Crippen molar-refractivity contribution in [3.05, 3.63) is 35.7 Å². The van der Waals surface area contributed by atoms with E-state index < -0.39 is 0 Å². The first kappa shape index (κ1) is 12.7. The highest BCUT2D eigenvalue weighted by atomic mass is 16.5. The molecule has 0 saturated heterocycles. The fourth-order valence-corrected chi connectivity index (χ4v) is 2.57. The molecule has 0 aliphatic carbocycles. The number of H-pyrrole nitrogens is 1. The van der Waals surface area contributed by atoms with Crippen LogP contribution in [0.4, 0.5) is 0 Å². The van der Waals surface area contributed by atoms with Crippen molar-refractivity contribution in [2.24, 2.45) is 0 Å². The highest BCUT2D eigenvalue weighted by Gasteiger charge is 2.15. The number of hydrogen-bond donors (Lipinski definition) is 1. The average molecular weight is 268 g/mol. The number of aromatic amines is 1. The van der Waals surface area contributed by atoms with Gasteiger partial charge in [-0.15, -0.1) is 0 Å². The number of aromatic nitrogens is 2. The second kappa shape index (κ2) is 4.63. The van der Waals surface area contributed by atoms with Crippen LogP contribution in [-0.2, 0) is 0 Å². The van der Waals surface area contributed by atoms with Gasteiger partial charge in [0.1, 0.15) is 5.75 Å². The summed E-state index contributed by atoms with van der Waals surface area (Å²) in [5.74, 6) is 0.699. The molecule has 3 aromatic rings. The van der Waals surface area contributed by atoms with E-state index in [1.54, 1.807) is 13.3 Å². The maximum Gasteiger partial charge on any atom is 0.166 e. The Bertz CT molecular complexity index is 818. The van der Waals surface area contributed by atoms with Gasteiger partial charge in [-0.1, -0.05) is 6.92 Å². The lowest BCUT2D eigenvalue weighted by Crippen LogP contribution is -2.00. The number of ether oxygens (including phenoxy) is 1. The minimum Gasteiger partial charge on any atom is -0.496 e. The lowest BCUT2D eigenvalue weighted by molar-refractivity contribution is 0.0985. The third kappa shape index (κ3) is 1.76. The molecule has 0 saturated carbocycles. The zero-order valence-corrected chi connectivity index (χ0v) is 11.8. The highest BCUT2D eigenvalue weighted by molar-refractivity contribution is 6.12. The van der Waals surface area contributed by atoms with E-state index in [2.05, 4.69) is 9.97 Å². The Labute approximate surface area is 116 Å². The predicted octanol–water partition coefficient (Wildman–Crippen LogP) is 3.63. The van der Waals surface area contributed by atoms with E-state index in [0.29, 0.717) is 17.7 Å². The van der Waals surface area contributed by atoms with E-state index in [-0.39, 0.29) is 5.78 Å². The molecular weight excluding hydrogens is 252 g/mol. The molecule has 1 N–H and O–H groups in total. The summed E-state index contributed by atoms with van der Waals surface area (Å²) in [4.78, 5) is 19.7. The van der Waals surface area contributed by atoms with Gasteiger partial charge in [-0.05, 0) is 19.1 Å². The molecule has 4 heteroatoms. The third-order valence-electron chi connectivity index (χ3n) is 3.65. The van der Waals surface area contributed by atoms with Gasteiger partial charge in [0.25, 0.3) is 0 Å². The first-order valence-electron chi connectivity index (χ1n) is 6.64. The number of nitrogens with one attached hydrogen (secondary N) is 1. The molecule has 102 valence electrons. The smallest absolute Gasteiger partial charge is 0.166 e. The van der Waals surface area contributed by atoms with Crippen LogP contribution in [-0.4, -0.2) is 22.9 Å².